The largest absolute Gasteiger partial charge is 0.342 e. The number of nitrogens with zero attached hydrogens (tertiary/aromatic N) is 2. The van der Waals surface area contributed by atoms with Gasteiger partial charge in [0.1, 0.15) is 0 Å². The molecule has 0 aliphatic rings. The number of sulfonamides is 1. The zero-order valence-corrected chi connectivity index (χ0v) is 16.7. The number of aryl methyl sites for hydroxylation is 3. The molecule has 3 N–H and O–H groups in total. The van der Waals surface area contributed by atoms with Crippen molar-refractivity contribution in [3.8, 4) is 0 Å². The molecule has 0 radical (unpaired) electrons. The number of carbonyl (C=O) groups excluding carboxylic acids is 1. The Balaban J connectivity index is 2.12. The fourth-order valence-corrected chi connectivity index (χ4v) is 3.88. The monoisotopic (exact) mass is 378 g/mol. The highest BCUT2D eigenvalue weighted by Gasteiger charge is 2.19. The normalized spacial score (nSPS) is 11.6. The molecule has 0 aliphatic carbocycles. The molecule has 0 spiro atoms. The topological polar surface area (TPSA) is 109 Å². The lowest BCUT2D eigenvalue weighted by Crippen LogP contribution is -2.28. The Hall–Kier alpha value is -2.19. The van der Waals surface area contributed by atoms with Gasteiger partial charge in [-0.25, -0.2) is 13.6 Å². The number of carbonyl (C=O) groups is 1. The van der Waals surface area contributed by atoms with E-state index in [0.717, 1.165) is 29.8 Å². The maximum Gasteiger partial charge on any atom is 0.253 e. The second-order valence-corrected chi connectivity index (χ2v) is 8.23. The molecule has 0 saturated carbocycles. The molecule has 2 aromatic rings. The fraction of sp³-hybridized carbons (Fsp3) is 0.444. The summed E-state index contributed by atoms with van der Waals surface area (Å²) in [5, 5.41) is 12.4. The molecule has 1 amide bonds. The van der Waals surface area contributed by atoms with Crippen LogP contribution in [0.25, 0.3) is 0 Å². The average Bonchev–Trinajstić information content (AvgIpc) is 2.87. The first-order chi connectivity index (χ1) is 12.0. The number of nitrogens with two attached hydrogens (primary N) is 1. The number of amides is 1. The highest BCUT2D eigenvalue weighted by molar-refractivity contribution is 7.89. The van der Waals surface area contributed by atoms with Crippen LogP contribution < -0.4 is 5.14 Å². The second-order valence-electron chi connectivity index (χ2n) is 6.70. The van der Waals surface area contributed by atoms with E-state index in [4.69, 9.17) is 5.14 Å². The molecule has 0 saturated heterocycles. The van der Waals surface area contributed by atoms with Crippen molar-refractivity contribution in [1.29, 1.82) is 0 Å². The Kier molecular flexibility index (Phi) is 5.87. The van der Waals surface area contributed by atoms with Gasteiger partial charge in [-0.3, -0.25) is 9.89 Å². The van der Waals surface area contributed by atoms with Crippen molar-refractivity contribution in [2.45, 2.75) is 45.4 Å². The van der Waals surface area contributed by atoms with Crippen molar-refractivity contribution in [1.82, 2.24) is 15.1 Å². The number of H-pyrrole nitrogens is 1. The van der Waals surface area contributed by atoms with Crippen LogP contribution in [0, 0.1) is 27.7 Å². The highest BCUT2D eigenvalue weighted by Crippen LogP contribution is 2.21. The Morgan fingerprint density at radius 2 is 1.88 bits per heavy atom. The van der Waals surface area contributed by atoms with E-state index in [2.05, 4.69) is 10.2 Å². The lowest BCUT2D eigenvalue weighted by atomic mass is 10.0. The number of rotatable bonds is 6. The third-order valence-corrected chi connectivity index (χ3v) is 5.76. The number of hydrogen-bond donors (Lipinski definition) is 2. The molecule has 0 bridgehead atoms. The summed E-state index contributed by atoms with van der Waals surface area (Å²) in [6.07, 6.45) is 1.61. The maximum absolute atomic E-state index is 12.7. The molecule has 2 rings (SSSR count). The first-order valence-electron chi connectivity index (χ1n) is 8.42. The van der Waals surface area contributed by atoms with Crippen molar-refractivity contribution in [2.75, 3.05) is 13.6 Å². The summed E-state index contributed by atoms with van der Waals surface area (Å²) in [5.74, 6) is -0.223. The van der Waals surface area contributed by atoms with Crippen LogP contribution in [0.1, 0.15) is 44.9 Å². The molecule has 142 valence electrons. The van der Waals surface area contributed by atoms with Crippen molar-refractivity contribution >= 4 is 15.9 Å². The van der Waals surface area contributed by atoms with E-state index in [1.807, 2.05) is 13.8 Å². The van der Waals surface area contributed by atoms with Crippen LogP contribution in [0.15, 0.2) is 17.0 Å². The number of hydrogen-bond acceptors (Lipinski definition) is 4. The van der Waals surface area contributed by atoms with Crippen molar-refractivity contribution in [3.63, 3.8) is 0 Å². The second kappa shape index (κ2) is 7.59. The van der Waals surface area contributed by atoms with Crippen LogP contribution in [0.3, 0.4) is 0 Å². The van der Waals surface area contributed by atoms with Gasteiger partial charge in [-0.05, 0) is 69.4 Å². The van der Waals surface area contributed by atoms with E-state index in [-0.39, 0.29) is 10.8 Å². The lowest BCUT2D eigenvalue weighted by Gasteiger charge is -2.19. The van der Waals surface area contributed by atoms with Gasteiger partial charge in [-0.15, -0.1) is 0 Å². The molecule has 0 aliphatic heterocycles. The quantitative estimate of drug-likeness (QED) is 0.801. The number of nitrogens with one attached hydrogen (secondary N) is 1. The van der Waals surface area contributed by atoms with Crippen molar-refractivity contribution < 1.29 is 13.2 Å². The van der Waals surface area contributed by atoms with E-state index in [1.54, 1.807) is 31.9 Å². The van der Waals surface area contributed by atoms with Gasteiger partial charge < -0.3 is 4.90 Å². The van der Waals surface area contributed by atoms with Crippen LogP contribution in [-0.4, -0.2) is 43.0 Å². The summed E-state index contributed by atoms with van der Waals surface area (Å²) in [6.45, 7) is 7.94. The average molecular weight is 378 g/mol. The molecule has 26 heavy (non-hydrogen) atoms. The summed E-state index contributed by atoms with van der Waals surface area (Å²) in [4.78, 5) is 14.3. The first-order valence-corrected chi connectivity index (χ1v) is 9.97. The maximum atomic E-state index is 12.7. The van der Waals surface area contributed by atoms with E-state index in [9.17, 15) is 13.2 Å². The van der Waals surface area contributed by atoms with Gasteiger partial charge in [0.25, 0.3) is 5.91 Å². The molecule has 0 unspecified atom stereocenters. The van der Waals surface area contributed by atoms with Crippen LogP contribution >= 0.6 is 0 Å². The van der Waals surface area contributed by atoms with E-state index < -0.39 is 10.0 Å². The van der Waals surface area contributed by atoms with Crippen molar-refractivity contribution in [2.24, 2.45) is 5.14 Å². The Labute approximate surface area is 154 Å². The first kappa shape index (κ1) is 20.1. The summed E-state index contributed by atoms with van der Waals surface area (Å²) in [7, 11) is -2.16. The van der Waals surface area contributed by atoms with E-state index in [0.29, 0.717) is 17.7 Å². The van der Waals surface area contributed by atoms with Crippen LogP contribution in [0.2, 0.25) is 0 Å². The van der Waals surface area contributed by atoms with Gasteiger partial charge >= 0.3 is 0 Å². The zero-order valence-electron chi connectivity index (χ0n) is 15.9. The Morgan fingerprint density at radius 3 is 2.42 bits per heavy atom. The summed E-state index contributed by atoms with van der Waals surface area (Å²) in [5.41, 5.74) is 4.81. The molecule has 1 heterocycles. The molecular weight excluding hydrogens is 352 g/mol. The molecule has 8 heteroatoms. The van der Waals surface area contributed by atoms with Crippen LogP contribution in [-0.2, 0) is 16.4 Å². The smallest absolute Gasteiger partial charge is 0.253 e. The number of aromatic nitrogens is 2. The molecule has 7 nitrogen and oxygen atoms in total. The van der Waals surface area contributed by atoms with Gasteiger partial charge in [-0.2, -0.15) is 5.10 Å². The van der Waals surface area contributed by atoms with Crippen LogP contribution in [0.5, 0.6) is 0 Å². The minimum atomic E-state index is -3.87. The van der Waals surface area contributed by atoms with Gasteiger partial charge in [0.05, 0.1) is 10.6 Å². The lowest BCUT2D eigenvalue weighted by molar-refractivity contribution is 0.0793. The summed E-state index contributed by atoms with van der Waals surface area (Å²) < 4.78 is 23.5. The highest BCUT2D eigenvalue weighted by atomic mass is 32.2. The van der Waals surface area contributed by atoms with Gasteiger partial charge in [0.15, 0.2) is 0 Å². The number of aromatic amines is 1. The minimum Gasteiger partial charge on any atom is -0.342 e. The zero-order chi connectivity index (χ0) is 19.6. The summed E-state index contributed by atoms with van der Waals surface area (Å²) >= 11 is 0. The summed E-state index contributed by atoms with van der Waals surface area (Å²) in [6, 6.07) is 3.06. The van der Waals surface area contributed by atoms with Gasteiger partial charge in [0.2, 0.25) is 10.0 Å². The van der Waals surface area contributed by atoms with Crippen LogP contribution in [0.4, 0.5) is 0 Å². The third-order valence-electron chi connectivity index (χ3n) is 4.72. The third kappa shape index (κ3) is 4.31. The molecule has 1 aromatic heterocycles. The predicted octanol–water partition coefficient (Wildman–Crippen LogP) is 2.00. The van der Waals surface area contributed by atoms with Gasteiger partial charge in [-0.1, -0.05) is 0 Å². The fourth-order valence-electron chi connectivity index (χ4n) is 3.00. The SMILES string of the molecule is Cc1cc(C(=O)N(C)CCCc2c(C)n[nH]c2C)cc(S(N)(=O)=O)c1C. The molecular formula is C18H26N4O3S. The molecule has 0 fully saturated rings. The van der Waals surface area contributed by atoms with Gasteiger partial charge in [0, 0.05) is 24.8 Å². The predicted molar refractivity (Wildman–Crippen MR) is 101 cm³/mol. The number of primary sulfonamides is 1. The van der Waals surface area contributed by atoms with E-state index in [1.165, 1.54) is 11.6 Å². The number of benzene rings is 1. The Bertz CT molecular complexity index is 913. The Morgan fingerprint density at radius 1 is 1.23 bits per heavy atom. The van der Waals surface area contributed by atoms with Crippen molar-refractivity contribution in [3.05, 3.63) is 45.8 Å². The molecule has 0 atom stereocenters. The van der Waals surface area contributed by atoms with E-state index >= 15 is 0 Å². The minimum absolute atomic E-state index is 0.00102. The standard InChI is InChI=1S/C18H26N4O3S/c1-11-9-15(10-17(12(11)2)26(19,24)25)18(23)22(5)8-6-7-16-13(3)20-21-14(16)4/h9-10H,6-8H2,1-5H3,(H,20,21)(H2,19,24,25). The molecule has 1 aromatic carbocycles.